The topological polar surface area (TPSA) is 111 Å². The van der Waals surface area contributed by atoms with Crippen molar-refractivity contribution in [3.05, 3.63) is 11.4 Å². The summed E-state index contributed by atoms with van der Waals surface area (Å²) < 4.78 is 9.20. The second kappa shape index (κ2) is 7.94. The van der Waals surface area contributed by atoms with Gasteiger partial charge in [-0.15, -0.1) is 0 Å². The van der Waals surface area contributed by atoms with Crippen molar-refractivity contribution in [2.24, 2.45) is 10.8 Å². The normalized spacial score (nSPS) is 12.7. The molecule has 0 saturated carbocycles. The van der Waals surface area contributed by atoms with Gasteiger partial charge in [-0.3, -0.25) is 9.59 Å². The number of rotatable bonds is 4. The van der Waals surface area contributed by atoms with Crippen molar-refractivity contribution in [2.45, 2.75) is 41.5 Å². The number of hydrogen-bond acceptors (Lipinski definition) is 6. The summed E-state index contributed by atoms with van der Waals surface area (Å²) >= 11 is 0. The molecule has 8 heteroatoms. The molecule has 0 heterocycles. The fourth-order valence-corrected chi connectivity index (χ4v) is 1.24. The van der Waals surface area contributed by atoms with Crippen LogP contribution in [-0.4, -0.2) is 38.0 Å². The summed E-state index contributed by atoms with van der Waals surface area (Å²) in [5.41, 5.74) is -2.65. The Labute approximate surface area is 141 Å². The molecule has 24 heavy (non-hydrogen) atoms. The summed E-state index contributed by atoms with van der Waals surface area (Å²) in [6.07, 6.45) is 0. The molecular weight excluding hydrogens is 316 g/mol. The van der Waals surface area contributed by atoms with Crippen LogP contribution in [0.5, 0.6) is 0 Å². The highest BCUT2D eigenvalue weighted by Gasteiger charge is 2.32. The van der Waals surface area contributed by atoms with Gasteiger partial charge in [-0.2, -0.15) is 0 Å². The molecule has 0 aromatic carbocycles. The first kappa shape index (κ1) is 21.6. The fourth-order valence-electron chi connectivity index (χ4n) is 1.24. The summed E-state index contributed by atoms with van der Waals surface area (Å²) in [5.74, 6) is -3.03. The predicted octanol–water partition coefficient (Wildman–Crippen LogP) is 0.869. The average Bonchev–Trinajstić information content (AvgIpc) is 2.46. The van der Waals surface area contributed by atoms with Crippen LogP contribution in [0.25, 0.3) is 0 Å². The number of nitrogens with one attached hydrogen (secondary N) is 2. The summed E-state index contributed by atoms with van der Waals surface area (Å²) in [6.45, 7) is 9.77. The van der Waals surface area contributed by atoms with Crippen LogP contribution >= 0.6 is 0 Å². The van der Waals surface area contributed by atoms with E-state index in [1.165, 1.54) is 0 Å². The van der Waals surface area contributed by atoms with Crippen molar-refractivity contribution in [3.8, 4) is 0 Å². The second-order valence-electron chi connectivity index (χ2n) is 7.14. The Morgan fingerprint density at radius 1 is 0.625 bits per heavy atom. The Morgan fingerprint density at radius 2 is 0.875 bits per heavy atom. The molecule has 2 amide bonds. The molecule has 0 fully saturated rings. The standard InChI is InChI=1S/C16H26N2O6/c1-15(2,3)13(21)17-9(11(19)23-7)10(12(20)24-8)18-14(22)16(4,5)6/h1-8H3,(H,17,21)(H,18,22)/b10-9+. The van der Waals surface area contributed by atoms with E-state index in [1.54, 1.807) is 41.5 Å². The van der Waals surface area contributed by atoms with Gasteiger partial charge in [0.05, 0.1) is 14.2 Å². The van der Waals surface area contributed by atoms with Crippen LogP contribution in [0.4, 0.5) is 0 Å². The lowest BCUT2D eigenvalue weighted by molar-refractivity contribution is -0.142. The Kier molecular flexibility index (Phi) is 7.15. The first-order valence-electron chi connectivity index (χ1n) is 7.29. The smallest absolute Gasteiger partial charge is 0.357 e. The Hall–Kier alpha value is -2.38. The van der Waals surface area contributed by atoms with E-state index in [4.69, 9.17) is 0 Å². The number of carbonyl (C=O) groups excluding carboxylic acids is 4. The van der Waals surface area contributed by atoms with Crippen molar-refractivity contribution in [1.29, 1.82) is 0 Å². The Morgan fingerprint density at radius 3 is 1.04 bits per heavy atom. The minimum atomic E-state index is -0.984. The first-order valence-corrected chi connectivity index (χ1v) is 7.29. The number of ether oxygens (including phenoxy) is 2. The molecule has 0 unspecified atom stereocenters. The summed E-state index contributed by atoms with van der Waals surface area (Å²) in [7, 11) is 2.18. The molecule has 0 aliphatic heterocycles. The van der Waals surface area contributed by atoms with Gasteiger partial charge in [-0.1, -0.05) is 41.5 Å². The molecule has 0 rings (SSSR count). The maximum Gasteiger partial charge on any atom is 0.357 e. The number of esters is 2. The molecule has 0 bridgehead atoms. The average molecular weight is 342 g/mol. The zero-order chi connectivity index (χ0) is 19.3. The van der Waals surface area contributed by atoms with E-state index in [2.05, 4.69) is 20.1 Å². The number of hydrogen-bond donors (Lipinski definition) is 2. The van der Waals surface area contributed by atoms with Crippen LogP contribution in [-0.2, 0) is 28.7 Å². The molecule has 0 atom stereocenters. The van der Waals surface area contributed by atoms with Crippen molar-refractivity contribution < 1.29 is 28.7 Å². The van der Waals surface area contributed by atoms with Crippen LogP contribution < -0.4 is 10.6 Å². The van der Waals surface area contributed by atoms with Crippen LogP contribution in [0.1, 0.15) is 41.5 Å². The summed E-state index contributed by atoms with van der Waals surface area (Å²) in [6, 6.07) is 0. The number of methoxy groups -OCH3 is 2. The highest BCUT2D eigenvalue weighted by atomic mass is 16.5. The molecule has 0 aliphatic rings. The van der Waals surface area contributed by atoms with E-state index in [9.17, 15) is 19.2 Å². The van der Waals surface area contributed by atoms with Crippen LogP contribution in [0, 0.1) is 10.8 Å². The van der Waals surface area contributed by atoms with Gasteiger partial charge in [0.1, 0.15) is 0 Å². The maximum atomic E-state index is 12.2. The molecule has 8 nitrogen and oxygen atoms in total. The van der Waals surface area contributed by atoms with E-state index in [0.29, 0.717) is 0 Å². The van der Waals surface area contributed by atoms with Crippen molar-refractivity contribution >= 4 is 23.8 Å². The van der Waals surface area contributed by atoms with E-state index < -0.39 is 46.0 Å². The third-order valence-corrected chi connectivity index (χ3v) is 2.87. The van der Waals surface area contributed by atoms with Gasteiger partial charge in [-0.05, 0) is 0 Å². The van der Waals surface area contributed by atoms with Crippen molar-refractivity contribution in [3.63, 3.8) is 0 Å². The lowest BCUT2D eigenvalue weighted by atomic mass is 9.95. The Bertz CT molecular complexity index is 514. The fraction of sp³-hybridized carbons (Fsp3) is 0.625. The molecule has 0 aromatic rings. The second-order valence-corrected chi connectivity index (χ2v) is 7.14. The lowest BCUT2D eigenvalue weighted by Gasteiger charge is -2.22. The van der Waals surface area contributed by atoms with Gasteiger partial charge in [0.25, 0.3) is 0 Å². The third-order valence-electron chi connectivity index (χ3n) is 2.87. The Balaban J connectivity index is 6.08. The molecule has 0 aliphatic carbocycles. The van der Waals surface area contributed by atoms with Gasteiger partial charge in [-0.25, -0.2) is 9.59 Å². The minimum absolute atomic E-state index is 0.484. The summed E-state index contributed by atoms with van der Waals surface area (Å²) in [5, 5.41) is 4.66. The number of amides is 2. The van der Waals surface area contributed by atoms with Gasteiger partial charge in [0.15, 0.2) is 11.4 Å². The zero-order valence-corrected chi connectivity index (χ0v) is 15.4. The lowest BCUT2D eigenvalue weighted by Crippen LogP contribution is -2.43. The van der Waals surface area contributed by atoms with Crippen LogP contribution in [0.15, 0.2) is 11.4 Å². The highest BCUT2D eigenvalue weighted by Crippen LogP contribution is 2.17. The third kappa shape index (κ3) is 6.02. The van der Waals surface area contributed by atoms with E-state index in [0.717, 1.165) is 14.2 Å². The molecule has 136 valence electrons. The van der Waals surface area contributed by atoms with E-state index in [-0.39, 0.29) is 0 Å². The zero-order valence-electron chi connectivity index (χ0n) is 15.4. The van der Waals surface area contributed by atoms with Gasteiger partial charge < -0.3 is 20.1 Å². The molecule has 0 aromatic heterocycles. The quantitative estimate of drug-likeness (QED) is 0.579. The summed E-state index contributed by atoms with van der Waals surface area (Å²) in [4.78, 5) is 48.4. The van der Waals surface area contributed by atoms with Gasteiger partial charge >= 0.3 is 11.9 Å². The van der Waals surface area contributed by atoms with Crippen LogP contribution in [0.2, 0.25) is 0 Å². The van der Waals surface area contributed by atoms with Crippen LogP contribution in [0.3, 0.4) is 0 Å². The van der Waals surface area contributed by atoms with Gasteiger partial charge in [0, 0.05) is 10.8 Å². The molecule has 0 saturated heterocycles. The maximum absolute atomic E-state index is 12.2. The molecule has 0 spiro atoms. The van der Waals surface area contributed by atoms with E-state index in [1.807, 2.05) is 0 Å². The number of carbonyl (C=O) groups is 4. The molecule has 2 N–H and O–H groups in total. The highest BCUT2D eigenvalue weighted by molar-refractivity contribution is 6.05. The SMILES string of the molecule is COC(=O)/C(NC(=O)C(C)(C)C)=C(\NC(=O)C(C)(C)C)C(=O)OC. The largest absolute Gasteiger partial charge is 0.464 e. The molecular formula is C16H26N2O6. The monoisotopic (exact) mass is 342 g/mol. The minimum Gasteiger partial charge on any atom is -0.464 e. The predicted molar refractivity (Wildman–Crippen MR) is 86.3 cm³/mol. The van der Waals surface area contributed by atoms with Crippen molar-refractivity contribution in [2.75, 3.05) is 14.2 Å². The van der Waals surface area contributed by atoms with E-state index >= 15 is 0 Å². The molecule has 0 radical (unpaired) electrons. The van der Waals surface area contributed by atoms with Gasteiger partial charge in [0.2, 0.25) is 11.8 Å². The van der Waals surface area contributed by atoms with Crippen molar-refractivity contribution in [1.82, 2.24) is 10.6 Å². The first-order chi connectivity index (χ1) is 10.8.